The van der Waals surface area contributed by atoms with Crippen LogP contribution in [0.15, 0.2) is 36.5 Å². The van der Waals surface area contributed by atoms with Crippen LogP contribution in [0.2, 0.25) is 0 Å². The Hall–Kier alpha value is -0.750. The number of unbranched alkanes of at least 4 members (excludes halogenated alkanes) is 2. The monoisotopic (exact) mass is 495 g/mol. The highest BCUT2D eigenvalue weighted by molar-refractivity contribution is 7.80. The number of carbonyl (C=O) groups is 1. The lowest BCUT2D eigenvalue weighted by Gasteiger charge is -2.29. The van der Waals surface area contributed by atoms with Crippen LogP contribution in [0.3, 0.4) is 0 Å². The standard InChI is InChI=1S/C22H36Cl3N3OS/c1-5-9-13-18(14-10-6-2)26-21(30)28-20(22(23,24)25)27-19(29)16-15-17(11-7-3)12-8-4/h7-8,11-12,18,20H,3,5-6,9-10,13-16H2,1-2,4H3,(H,27,29)(H2,26,28,30)/b12-8-,17-11+. The molecule has 0 aromatic rings. The third-order valence-electron chi connectivity index (χ3n) is 4.41. The van der Waals surface area contributed by atoms with E-state index in [1.54, 1.807) is 6.08 Å². The van der Waals surface area contributed by atoms with Crippen LogP contribution in [0.1, 0.15) is 72.1 Å². The van der Waals surface area contributed by atoms with Crippen molar-refractivity contribution in [3.63, 3.8) is 0 Å². The summed E-state index contributed by atoms with van der Waals surface area (Å²) in [6.45, 7) is 9.93. The van der Waals surface area contributed by atoms with E-state index < -0.39 is 9.96 Å². The predicted octanol–water partition coefficient (Wildman–Crippen LogP) is 6.48. The van der Waals surface area contributed by atoms with Crippen molar-refractivity contribution in [2.75, 3.05) is 0 Å². The summed E-state index contributed by atoms with van der Waals surface area (Å²) >= 11 is 23.7. The number of alkyl halides is 3. The fraction of sp³-hybridized carbons (Fsp3) is 0.636. The molecule has 172 valence electrons. The molecular formula is C22H36Cl3N3OS. The van der Waals surface area contributed by atoms with Crippen LogP contribution >= 0.6 is 47.0 Å². The molecule has 0 aliphatic carbocycles. The lowest BCUT2D eigenvalue weighted by Crippen LogP contribution is -2.58. The molecule has 0 radical (unpaired) electrons. The van der Waals surface area contributed by atoms with Gasteiger partial charge in [-0.25, -0.2) is 0 Å². The van der Waals surface area contributed by atoms with Gasteiger partial charge in [0.05, 0.1) is 0 Å². The number of allylic oxidation sites excluding steroid dienone is 5. The Morgan fingerprint density at radius 1 is 1.07 bits per heavy atom. The van der Waals surface area contributed by atoms with E-state index in [2.05, 4.69) is 36.4 Å². The van der Waals surface area contributed by atoms with E-state index in [-0.39, 0.29) is 18.4 Å². The zero-order valence-corrected chi connectivity index (χ0v) is 21.4. The van der Waals surface area contributed by atoms with Crippen molar-refractivity contribution in [3.8, 4) is 0 Å². The molecule has 0 aromatic carbocycles. The largest absolute Gasteiger partial charge is 0.360 e. The van der Waals surface area contributed by atoms with Crippen molar-refractivity contribution in [2.24, 2.45) is 0 Å². The Morgan fingerprint density at radius 3 is 2.13 bits per heavy atom. The Labute approximate surface area is 202 Å². The molecule has 1 amide bonds. The van der Waals surface area contributed by atoms with Crippen molar-refractivity contribution in [1.29, 1.82) is 0 Å². The average molecular weight is 497 g/mol. The summed E-state index contributed by atoms with van der Waals surface area (Å²) in [5, 5.41) is 9.37. The SMILES string of the molecule is C=C/C=C(\C=C/C)CCC(=O)NC(NC(=S)NC(CCCC)CCCC)C(Cl)(Cl)Cl. The molecule has 0 bridgehead atoms. The molecule has 0 saturated heterocycles. The summed E-state index contributed by atoms with van der Waals surface area (Å²) in [6, 6.07) is 0.254. The summed E-state index contributed by atoms with van der Waals surface area (Å²) < 4.78 is -1.76. The molecule has 8 heteroatoms. The molecule has 1 atom stereocenters. The highest BCUT2D eigenvalue weighted by Gasteiger charge is 2.34. The lowest BCUT2D eigenvalue weighted by atomic mass is 10.0. The molecule has 30 heavy (non-hydrogen) atoms. The number of rotatable bonds is 14. The van der Waals surface area contributed by atoms with E-state index in [0.29, 0.717) is 11.5 Å². The van der Waals surface area contributed by atoms with Crippen molar-refractivity contribution >= 4 is 58.0 Å². The van der Waals surface area contributed by atoms with Gasteiger partial charge < -0.3 is 16.0 Å². The van der Waals surface area contributed by atoms with Gasteiger partial charge in [0.2, 0.25) is 9.70 Å². The number of halogens is 3. The van der Waals surface area contributed by atoms with E-state index in [1.165, 1.54) is 0 Å². The predicted molar refractivity (Wildman–Crippen MR) is 136 cm³/mol. The number of thiocarbonyl (C=S) groups is 1. The van der Waals surface area contributed by atoms with Crippen LogP contribution in [0, 0.1) is 0 Å². The van der Waals surface area contributed by atoms with E-state index in [4.69, 9.17) is 47.0 Å². The summed E-state index contributed by atoms with van der Waals surface area (Å²) in [5.74, 6) is -0.241. The lowest BCUT2D eigenvalue weighted by molar-refractivity contribution is -0.121. The number of nitrogens with one attached hydrogen (secondary N) is 3. The normalized spacial score (nSPS) is 13.4. The van der Waals surface area contributed by atoms with E-state index in [0.717, 1.165) is 44.1 Å². The van der Waals surface area contributed by atoms with E-state index >= 15 is 0 Å². The van der Waals surface area contributed by atoms with E-state index in [9.17, 15) is 4.79 Å². The number of carbonyl (C=O) groups excluding carboxylic acids is 1. The van der Waals surface area contributed by atoms with Gasteiger partial charge in [-0.15, -0.1) is 0 Å². The Kier molecular flexibility index (Phi) is 16.5. The quantitative estimate of drug-likeness (QED) is 0.111. The third kappa shape index (κ3) is 14.3. The third-order valence-corrected chi connectivity index (χ3v) is 5.30. The van der Waals surface area contributed by atoms with Gasteiger partial charge in [-0.3, -0.25) is 4.79 Å². The van der Waals surface area contributed by atoms with Crippen molar-refractivity contribution in [1.82, 2.24) is 16.0 Å². The molecule has 0 rings (SSSR count). The van der Waals surface area contributed by atoms with Crippen molar-refractivity contribution < 1.29 is 4.79 Å². The van der Waals surface area contributed by atoms with Gasteiger partial charge >= 0.3 is 0 Å². The molecule has 1 unspecified atom stereocenters. The van der Waals surface area contributed by atoms with Gasteiger partial charge in [0.25, 0.3) is 0 Å². The fourth-order valence-corrected chi connectivity index (χ4v) is 3.44. The smallest absolute Gasteiger partial charge is 0.228 e. The highest BCUT2D eigenvalue weighted by Crippen LogP contribution is 2.29. The molecule has 3 N–H and O–H groups in total. The van der Waals surface area contributed by atoms with Crippen LogP contribution in [0.4, 0.5) is 0 Å². The number of hydrogen-bond donors (Lipinski definition) is 3. The molecule has 0 saturated carbocycles. The van der Waals surface area contributed by atoms with Gasteiger partial charge in [0, 0.05) is 12.5 Å². The first-order chi connectivity index (χ1) is 14.2. The zero-order chi connectivity index (χ0) is 23.0. The second-order valence-electron chi connectivity index (χ2n) is 7.12. The maximum absolute atomic E-state index is 12.4. The van der Waals surface area contributed by atoms with Gasteiger partial charge in [0.1, 0.15) is 6.17 Å². The number of hydrogen-bond acceptors (Lipinski definition) is 2. The highest BCUT2D eigenvalue weighted by atomic mass is 35.6. The van der Waals surface area contributed by atoms with Crippen molar-refractivity contribution in [3.05, 3.63) is 36.5 Å². The van der Waals surface area contributed by atoms with Gasteiger partial charge in [-0.2, -0.15) is 0 Å². The Bertz CT molecular complexity index is 581. The Balaban J connectivity index is 4.91. The summed E-state index contributed by atoms with van der Waals surface area (Å²) in [7, 11) is 0. The minimum atomic E-state index is -1.76. The first-order valence-electron chi connectivity index (χ1n) is 10.5. The van der Waals surface area contributed by atoms with Gasteiger partial charge in [-0.1, -0.05) is 105 Å². The van der Waals surface area contributed by atoms with Gasteiger partial charge in [0.15, 0.2) is 5.11 Å². The van der Waals surface area contributed by atoms with Gasteiger partial charge in [-0.05, 0) is 44.0 Å². The maximum Gasteiger partial charge on any atom is 0.228 e. The minimum absolute atomic E-state index is 0.241. The van der Waals surface area contributed by atoms with Crippen LogP contribution in [-0.2, 0) is 4.79 Å². The second-order valence-corrected chi connectivity index (χ2v) is 9.90. The molecule has 0 spiro atoms. The zero-order valence-electron chi connectivity index (χ0n) is 18.3. The van der Waals surface area contributed by atoms with Crippen LogP contribution in [-0.4, -0.2) is 27.0 Å². The minimum Gasteiger partial charge on any atom is -0.360 e. The average Bonchev–Trinajstić information content (AvgIpc) is 2.67. The topological polar surface area (TPSA) is 53.2 Å². The summed E-state index contributed by atoms with van der Waals surface area (Å²) in [5.41, 5.74) is 0.993. The molecular weight excluding hydrogens is 461 g/mol. The van der Waals surface area contributed by atoms with Crippen LogP contribution < -0.4 is 16.0 Å². The maximum atomic E-state index is 12.4. The molecule has 0 aliphatic heterocycles. The number of amides is 1. The molecule has 0 fully saturated rings. The molecule has 4 nitrogen and oxygen atoms in total. The summed E-state index contributed by atoms with van der Waals surface area (Å²) in [4.78, 5) is 12.4. The summed E-state index contributed by atoms with van der Waals surface area (Å²) in [6.07, 6.45) is 13.8. The molecule has 0 heterocycles. The molecule has 0 aliphatic rings. The Morgan fingerprint density at radius 2 is 1.67 bits per heavy atom. The van der Waals surface area contributed by atoms with Crippen LogP contribution in [0.5, 0.6) is 0 Å². The molecule has 0 aromatic heterocycles. The first-order valence-corrected chi connectivity index (χ1v) is 12.1. The fourth-order valence-electron chi connectivity index (χ4n) is 2.83. The second kappa shape index (κ2) is 16.9. The van der Waals surface area contributed by atoms with Crippen molar-refractivity contribution in [2.45, 2.75) is 88.1 Å². The first kappa shape index (κ1) is 29.2. The van der Waals surface area contributed by atoms with Crippen LogP contribution in [0.25, 0.3) is 0 Å². The van der Waals surface area contributed by atoms with E-state index in [1.807, 2.05) is 25.2 Å².